The predicted molar refractivity (Wildman–Crippen MR) is 98.0 cm³/mol. The molecule has 1 aliphatic heterocycles. The third-order valence-electron chi connectivity index (χ3n) is 5.53. The van der Waals surface area contributed by atoms with Gasteiger partial charge in [-0.25, -0.2) is 4.31 Å². The van der Waals surface area contributed by atoms with Crippen molar-refractivity contribution < 1.29 is 4.74 Å². The van der Waals surface area contributed by atoms with E-state index in [9.17, 15) is 0 Å². The molecule has 0 bridgehead atoms. The molecule has 0 aromatic rings. The van der Waals surface area contributed by atoms with E-state index in [0.29, 0.717) is 12.0 Å². The van der Waals surface area contributed by atoms with Gasteiger partial charge in [0.2, 0.25) is 0 Å². The quantitative estimate of drug-likeness (QED) is 0.651. The number of rotatable bonds is 5. The maximum absolute atomic E-state index is 5.98. The zero-order valence-corrected chi connectivity index (χ0v) is 16.6. The summed E-state index contributed by atoms with van der Waals surface area (Å²) >= 11 is 4.83. The summed E-state index contributed by atoms with van der Waals surface area (Å²) < 4.78 is 8.28. The van der Waals surface area contributed by atoms with E-state index in [1.807, 2.05) is 0 Å². The van der Waals surface area contributed by atoms with Crippen molar-refractivity contribution in [3.63, 3.8) is 0 Å². The molecule has 1 fully saturated rings. The van der Waals surface area contributed by atoms with Gasteiger partial charge in [0.05, 0.1) is 6.10 Å². The Labute approximate surface area is 139 Å². The predicted octanol–water partition coefficient (Wildman–Crippen LogP) is 5.72. The van der Waals surface area contributed by atoms with E-state index >= 15 is 0 Å². The Bertz CT molecular complexity index is 284. The van der Waals surface area contributed by atoms with Crippen LogP contribution in [0.2, 0.25) is 0 Å². The van der Waals surface area contributed by atoms with Crippen LogP contribution >= 0.6 is 12.8 Å². The molecule has 1 aliphatic rings. The number of ether oxygens (including phenoxy) is 1. The Balaban J connectivity index is 0.000000885. The highest BCUT2D eigenvalue weighted by Crippen LogP contribution is 2.47. The van der Waals surface area contributed by atoms with Crippen LogP contribution in [0.25, 0.3) is 0 Å². The lowest BCUT2D eigenvalue weighted by molar-refractivity contribution is -0.109. The zero-order valence-electron chi connectivity index (χ0n) is 15.7. The number of unbranched alkanes of at least 4 members (excludes halogenated alkanes) is 1. The standard InChI is InChI=1S/C14H29NOS.C4H10/c1-7-13(5)10-12(16-9-3)11(4)14(6,8-2)15(13)17;1-3-4-2/h11-12,17H,7-10H2,1-6H3;3-4H2,1-2H3. The second-order valence-electron chi connectivity index (χ2n) is 6.86. The summed E-state index contributed by atoms with van der Waals surface area (Å²) in [5.41, 5.74) is 0.256. The first-order valence-electron chi connectivity index (χ1n) is 8.88. The number of hydrogen-bond donors (Lipinski definition) is 1. The van der Waals surface area contributed by atoms with E-state index in [0.717, 1.165) is 25.9 Å². The van der Waals surface area contributed by atoms with Crippen LogP contribution in [0, 0.1) is 5.92 Å². The number of nitrogens with zero attached hydrogens (tertiary/aromatic N) is 1. The summed E-state index contributed by atoms with van der Waals surface area (Å²) in [4.78, 5) is 0. The molecule has 0 aliphatic carbocycles. The molecule has 1 saturated heterocycles. The normalized spacial score (nSPS) is 37.0. The van der Waals surface area contributed by atoms with Crippen LogP contribution in [0.5, 0.6) is 0 Å². The van der Waals surface area contributed by atoms with Gasteiger partial charge in [-0.3, -0.25) is 0 Å². The Hall–Kier alpha value is 0.270. The second-order valence-corrected chi connectivity index (χ2v) is 7.26. The van der Waals surface area contributed by atoms with Crippen LogP contribution in [-0.4, -0.2) is 28.1 Å². The molecule has 0 aromatic heterocycles. The van der Waals surface area contributed by atoms with Gasteiger partial charge in [0.25, 0.3) is 0 Å². The van der Waals surface area contributed by atoms with E-state index in [4.69, 9.17) is 17.6 Å². The molecule has 0 aromatic carbocycles. The van der Waals surface area contributed by atoms with Crippen molar-refractivity contribution in [1.82, 2.24) is 4.31 Å². The van der Waals surface area contributed by atoms with Gasteiger partial charge in [0.15, 0.2) is 0 Å². The Morgan fingerprint density at radius 3 is 1.90 bits per heavy atom. The largest absolute Gasteiger partial charge is 0.378 e. The summed E-state index contributed by atoms with van der Waals surface area (Å²) in [6, 6.07) is 0. The minimum atomic E-state index is 0.117. The van der Waals surface area contributed by atoms with E-state index in [1.54, 1.807) is 0 Å². The summed E-state index contributed by atoms with van der Waals surface area (Å²) in [5, 5.41) is 0. The fourth-order valence-corrected chi connectivity index (χ4v) is 3.64. The molecule has 0 amide bonds. The Morgan fingerprint density at radius 2 is 1.57 bits per heavy atom. The van der Waals surface area contributed by atoms with Crippen LogP contribution in [0.1, 0.15) is 87.5 Å². The minimum absolute atomic E-state index is 0.117. The maximum atomic E-state index is 5.98. The van der Waals surface area contributed by atoms with Crippen molar-refractivity contribution in [3.05, 3.63) is 0 Å². The minimum Gasteiger partial charge on any atom is -0.378 e. The first kappa shape index (κ1) is 21.3. The number of piperidine rings is 1. The first-order valence-corrected chi connectivity index (χ1v) is 9.28. The van der Waals surface area contributed by atoms with Gasteiger partial charge in [0.1, 0.15) is 0 Å². The van der Waals surface area contributed by atoms with Gasteiger partial charge in [-0.1, -0.05) is 60.3 Å². The fourth-order valence-electron chi connectivity index (χ4n) is 3.09. The second kappa shape index (κ2) is 9.42. The van der Waals surface area contributed by atoms with E-state index < -0.39 is 0 Å². The van der Waals surface area contributed by atoms with Crippen LogP contribution in [0.4, 0.5) is 0 Å². The molecule has 21 heavy (non-hydrogen) atoms. The molecule has 1 rings (SSSR count). The lowest BCUT2D eigenvalue weighted by atomic mass is 9.70. The highest BCUT2D eigenvalue weighted by Gasteiger charge is 2.51. The molecular formula is C18H39NOS. The summed E-state index contributed by atoms with van der Waals surface area (Å²) in [7, 11) is 0. The Morgan fingerprint density at radius 1 is 1.05 bits per heavy atom. The van der Waals surface area contributed by atoms with Crippen LogP contribution < -0.4 is 0 Å². The summed E-state index contributed by atoms with van der Waals surface area (Å²) in [6.45, 7) is 18.7. The average Bonchev–Trinajstić information content (AvgIpc) is 2.51. The van der Waals surface area contributed by atoms with Gasteiger partial charge in [0, 0.05) is 23.6 Å². The Kier molecular flexibility index (Phi) is 9.54. The van der Waals surface area contributed by atoms with E-state index in [2.05, 4.69) is 59.7 Å². The fraction of sp³-hybridized carbons (Fsp3) is 1.00. The highest BCUT2D eigenvalue weighted by molar-refractivity contribution is 7.77. The van der Waals surface area contributed by atoms with Crippen molar-refractivity contribution in [3.8, 4) is 0 Å². The van der Waals surface area contributed by atoms with Crippen molar-refractivity contribution >= 4 is 12.8 Å². The number of hydrogen-bond acceptors (Lipinski definition) is 3. The molecule has 0 radical (unpaired) electrons. The lowest BCUT2D eigenvalue weighted by Gasteiger charge is -2.58. The van der Waals surface area contributed by atoms with Crippen molar-refractivity contribution in [2.75, 3.05) is 6.61 Å². The molecule has 0 spiro atoms. The lowest BCUT2D eigenvalue weighted by Crippen LogP contribution is -2.64. The van der Waals surface area contributed by atoms with Gasteiger partial charge in [-0.15, -0.1) is 0 Å². The van der Waals surface area contributed by atoms with Gasteiger partial charge < -0.3 is 4.74 Å². The molecule has 0 N–H and O–H groups in total. The molecule has 1 heterocycles. The number of thiol groups is 1. The SMILES string of the molecule is CCCC.CCOC1CC(C)(CC)N(S)C(C)(CC)C1C. The zero-order chi connectivity index (χ0) is 16.7. The van der Waals surface area contributed by atoms with Crippen LogP contribution in [0.3, 0.4) is 0 Å². The first-order chi connectivity index (χ1) is 9.77. The maximum Gasteiger partial charge on any atom is 0.0636 e. The molecule has 2 nitrogen and oxygen atoms in total. The molecule has 128 valence electrons. The van der Waals surface area contributed by atoms with Crippen molar-refractivity contribution in [2.24, 2.45) is 5.92 Å². The van der Waals surface area contributed by atoms with E-state index in [1.165, 1.54) is 12.8 Å². The third-order valence-corrected chi connectivity index (χ3v) is 6.47. The molecule has 0 saturated carbocycles. The summed E-state index contributed by atoms with van der Waals surface area (Å²) in [5.74, 6) is 0.518. The highest BCUT2D eigenvalue weighted by atomic mass is 32.1. The monoisotopic (exact) mass is 317 g/mol. The van der Waals surface area contributed by atoms with Crippen LogP contribution in [0.15, 0.2) is 0 Å². The van der Waals surface area contributed by atoms with E-state index in [-0.39, 0.29) is 11.1 Å². The molecule has 4 unspecified atom stereocenters. The molecule has 3 heteroatoms. The van der Waals surface area contributed by atoms with Gasteiger partial charge in [-0.05, 0) is 40.0 Å². The third kappa shape index (κ3) is 4.87. The average molecular weight is 318 g/mol. The van der Waals surface area contributed by atoms with Crippen molar-refractivity contribution in [1.29, 1.82) is 0 Å². The smallest absolute Gasteiger partial charge is 0.0636 e. The van der Waals surface area contributed by atoms with Gasteiger partial charge in [-0.2, -0.15) is 0 Å². The van der Waals surface area contributed by atoms with Crippen LogP contribution in [-0.2, 0) is 4.74 Å². The van der Waals surface area contributed by atoms with Gasteiger partial charge >= 0.3 is 0 Å². The molecular weight excluding hydrogens is 278 g/mol. The van der Waals surface area contributed by atoms with Crippen molar-refractivity contribution in [2.45, 2.75) is 105 Å². The molecule has 4 atom stereocenters. The topological polar surface area (TPSA) is 12.5 Å². The summed E-state index contributed by atoms with van der Waals surface area (Å²) in [6.07, 6.45) is 6.30.